The Morgan fingerprint density at radius 2 is 1.65 bits per heavy atom. The van der Waals surface area contributed by atoms with E-state index < -0.39 is 5.79 Å². The number of carbonyl (C=O) groups is 1. The Bertz CT molecular complexity index is 370. The minimum absolute atomic E-state index is 0.00975. The molecule has 0 radical (unpaired) electrons. The van der Waals surface area contributed by atoms with E-state index in [2.05, 4.69) is 13.8 Å². The molecule has 4 atom stereocenters. The predicted octanol–water partition coefficient (Wildman–Crippen LogP) is 1.41. The van der Waals surface area contributed by atoms with Crippen molar-refractivity contribution < 1.29 is 19.0 Å². The molecule has 1 spiro atoms. The standard InChI is InChI=1S/C15H25NO4/c1-10-11(2)20-12(3)13(10)14(17)16-6-4-15(5-7-16)18-8-9-19-15/h10-13H,4-9H2,1-3H3. The van der Waals surface area contributed by atoms with E-state index in [1.54, 1.807) is 0 Å². The Morgan fingerprint density at radius 1 is 1.05 bits per heavy atom. The lowest BCUT2D eigenvalue weighted by atomic mass is 9.87. The van der Waals surface area contributed by atoms with Gasteiger partial charge in [-0.25, -0.2) is 0 Å². The Morgan fingerprint density at radius 3 is 2.15 bits per heavy atom. The van der Waals surface area contributed by atoms with Crippen LogP contribution in [-0.2, 0) is 19.0 Å². The predicted molar refractivity (Wildman–Crippen MR) is 73.1 cm³/mol. The van der Waals surface area contributed by atoms with Gasteiger partial charge in [0.15, 0.2) is 5.79 Å². The van der Waals surface area contributed by atoms with Gasteiger partial charge in [0.25, 0.3) is 0 Å². The van der Waals surface area contributed by atoms with E-state index in [-0.39, 0.29) is 30.0 Å². The third-order valence-electron chi connectivity index (χ3n) is 5.18. The molecule has 0 aromatic rings. The number of likely N-dealkylation sites (tertiary alicyclic amines) is 1. The number of amides is 1. The van der Waals surface area contributed by atoms with E-state index in [1.807, 2.05) is 11.8 Å². The molecule has 3 fully saturated rings. The largest absolute Gasteiger partial charge is 0.374 e. The number of carbonyl (C=O) groups excluding carboxylic acids is 1. The van der Waals surface area contributed by atoms with Crippen molar-refractivity contribution in [3.8, 4) is 0 Å². The molecule has 3 heterocycles. The molecule has 5 nitrogen and oxygen atoms in total. The first-order chi connectivity index (χ1) is 9.52. The second-order valence-corrected chi connectivity index (χ2v) is 6.36. The van der Waals surface area contributed by atoms with Gasteiger partial charge in [-0.05, 0) is 19.8 Å². The summed E-state index contributed by atoms with van der Waals surface area (Å²) in [6.07, 6.45) is 1.74. The van der Waals surface area contributed by atoms with E-state index in [0.717, 1.165) is 25.9 Å². The van der Waals surface area contributed by atoms with Crippen molar-refractivity contribution in [2.24, 2.45) is 11.8 Å². The third-order valence-corrected chi connectivity index (χ3v) is 5.18. The Hall–Kier alpha value is -0.650. The average Bonchev–Trinajstić information content (AvgIpc) is 2.97. The van der Waals surface area contributed by atoms with Gasteiger partial charge < -0.3 is 19.1 Å². The Balaban J connectivity index is 1.61. The molecule has 114 valence electrons. The molecule has 5 heteroatoms. The van der Waals surface area contributed by atoms with Crippen molar-refractivity contribution in [1.29, 1.82) is 0 Å². The molecule has 3 aliphatic heterocycles. The topological polar surface area (TPSA) is 48.0 Å². The van der Waals surface area contributed by atoms with Gasteiger partial charge in [0.05, 0.1) is 31.3 Å². The molecule has 3 aliphatic rings. The molecular formula is C15H25NO4. The van der Waals surface area contributed by atoms with Gasteiger partial charge in [-0.3, -0.25) is 4.79 Å². The maximum atomic E-state index is 12.7. The maximum absolute atomic E-state index is 12.7. The second-order valence-electron chi connectivity index (χ2n) is 6.36. The molecule has 3 saturated heterocycles. The number of nitrogens with zero attached hydrogens (tertiary/aromatic N) is 1. The zero-order valence-corrected chi connectivity index (χ0v) is 12.6. The fraction of sp³-hybridized carbons (Fsp3) is 0.933. The van der Waals surface area contributed by atoms with Crippen LogP contribution >= 0.6 is 0 Å². The van der Waals surface area contributed by atoms with Crippen molar-refractivity contribution in [3.63, 3.8) is 0 Å². The van der Waals surface area contributed by atoms with Crippen LogP contribution < -0.4 is 0 Å². The fourth-order valence-electron chi connectivity index (χ4n) is 3.76. The van der Waals surface area contributed by atoms with Crippen LogP contribution in [0.3, 0.4) is 0 Å². The lowest BCUT2D eigenvalue weighted by Crippen LogP contribution is -2.50. The summed E-state index contributed by atoms with van der Waals surface area (Å²) < 4.78 is 17.2. The van der Waals surface area contributed by atoms with Crippen molar-refractivity contribution in [2.75, 3.05) is 26.3 Å². The summed E-state index contributed by atoms with van der Waals surface area (Å²) in [5.41, 5.74) is 0. The van der Waals surface area contributed by atoms with Crippen molar-refractivity contribution in [1.82, 2.24) is 4.90 Å². The van der Waals surface area contributed by atoms with Gasteiger partial charge in [-0.1, -0.05) is 6.92 Å². The molecular weight excluding hydrogens is 258 g/mol. The zero-order valence-electron chi connectivity index (χ0n) is 12.6. The van der Waals surface area contributed by atoms with Gasteiger partial charge in [-0.15, -0.1) is 0 Å². The second kappa shape index (κ2) is 5.28. The number of hydrogen-bond acceptors (Lipinski definition) is 4. The van der Waals surface area contributed by atoms with Crippen molar-refractivity contribution in [2.45, 2.75) is 51.6 Å². The van der Waals surface area contributed by atoms with Crippen LogP contribution in [0.25, 0.3) is 0 Å². The normalized spacial score (nSPS) is 40.5. The molecule has 0 aromatic heterocycles. The highest BCUT2D eigenvalue weighted by molar-refractivity contribution is 5.80. The molecule has 4 unspecified atom stereocenters. The van der Waals surface area contributed by atoms with Gasteiger partial charge in [-0.2, -0.15) is 0 Å². The number of piperidine rings is 1. The van der Waals surface area contributed by atoms with Gasteiger partial charge in [0.2, 0.25) is 5.91 Å². The van der Waals surface area contributed by atoms with E-state index in [1.165, 1.54) is 0 Å². The molecule has 3 rings (SSSR count). The average molecular weight is 283 g/mol. The molecule has 0 aromatic carbocycles. The third kappa shape index (κ3) is 2.36. The molecule has 0 saturated carbocycles. The molecule has 20 heavy (non-hydrogen) atoms. The maximum Gasteiger partial charge on any atom is 0.228 e. The van der Waals surface area contributed by atoms with Crippen molar-refractivity contribution >= 4 is 5.91 Å². The molecule has 0 aliphatic carbocycles. The SMILES string of the molecule is CC1OC(C)C(C(=O)N2CCC3(CC2)OCCO3)C1C. The van der Waals surface area contributed by atoms with Crippen LogP contribution in [0, 0.1) is 11.8 Å². The first kappa shape index (κ1) is 14.3. The van der Waals surface area contributed by atoms with E-state index in [4.69, 9.17) is 14.2 Å². The van der Waals surface area contributed by atoms with Crippen LogP contribution in [0.4, 0.5) is 0 Å². The van der Waals surface area contributed by atoms with Gasteiger partial charge in [0, 0.05) is 25.9 Å². The molecule has 0 bridgehead atoms. The molecule has 0 N–H and O–H groups in total. The highest BCUT2D eigenvalue weighted by Gasteiger charge is 2.46. The lowest BCUT2D eigenvalue weighted by Gasteiger charge is -2.39. The summed E-state index contributed by atoms with van der Waals surface area (Å²) in [5, 5.41) is 0. The van der Waals surface area contributed by atoms with E-state index >= 15 is 0 Å². The van der Waals surface area contributed by atoms with Crippen LogP contribution in [-0.4, -0.2) is 55.1 Å². The van der Waals surface area contributed by atoms with Gasteiger partial charge >= 0.3 is 0 Å². The van der Waals surface area contributed by atoms with Crippen molar-refractivity contribution in [3.05, 3.63) is 0 Å². The minimum Gasteiger partial charge on any atom is -0.374 e. The lowest BCUT2D eigenvalue weighted by molar-refractivity contribution is -0.188. The minimum atomic E-state index is -0.409. The number of rotatable bonds is 1. The van der Waals surface area contributed by atoms with Crippen LogP contribution in [0.1, 0.15) is 33.6 Å². The summed E-state index contributed by atoms with van der Waals surface area (Å²) in [5.74, 6) is 0.104. The summed E-state index contributed by atoms with van der Waals surface area (Å²) in [7, 11) is 0. The summed E-state index contributed by atoms with van der Waals surface area (Å²) >= 11 is 0. The van der Waals surface area contributed by atoms with E-state index in [9.17, 15) is 4.79 Å². The fourth-order valence-corrected chi connectivity index (χ4v) is 3.76. The van der Waals surface area contributed by atoms with Crippen LogP contribution in [0.15, 0.2) is 0 Å². The Kier molecular flexibility index (Phi) is 3.77. The summed E-state index contributed by atoms with van der Waals surface area (Å²) in [6.45, 7) is 8.99. The highest BCUT2D eigenvalue weighted by Crippen LogP contribution is 2.36. The number of ether oxygens (including phenoxy) is 3. The van der Waals surface area contributed by atoms with Crippen LogP contribution in [0.2, 0.25) is 0 Å². The Labute approximate surface area is 120 Å². The van der Waals surface area contributed by atoms with Crippen LogP contribution in [0.5, 0.6) is 0 Å². The quantitative estimate of drug-likeness (QED) is 0.730. The first-order valence-corrected chi connectivity index (χ1v) is 7.75. The molecule has 1 amide bonds. The monoisotopic (exact) mass is 283 g/mol. The smallest absolute Gasteiger partial charge is 0.228 e. The zero-order chi connectivity index (χ0) is 14.3. The first-order valence-electron chi connectivity index (χ1n) is 7.75. The van der Waals surface area contributed by atoms with Gasteiger partial charge in [0.1, 0.15) is 0 Å². The highest BCUT2D eigenvalue weighted by atomic mass is 16.7. The summed E-state index contributed by atoms with van der Waals surface area (Å²) in [4.78, 5) is 14.7. The summed E-state index contributed by atoms with van der Waals surface area (Å²) in [6, 6.07) is 0. The number of hydrogen-bond donors (Lipinski definition) is 0. The van der Waals surface area contributed by atoms with E-state index in [0.29, 0.717) is 13.2 Å².